The monoisotopic (exact) mass is 878 g/mol. The predicted octanol–water partition coefficient (Wildman–Crippen LogP) is -2.74. The van der Waals surface area contributed by atoms with Gasteiger partial charge >= 0.3 is 5.97 Å². The molecule has 0 unspecified atom stereocenters. The molecular weight excluding hydrogens is 813 g/mol. The van der Waals surface area contributed by atoms with Gasteiger partial charge in [0.05, 0.1) is 25.4 Å². The van der Waals surface area contributed by atoms with Crippen molar-refractivity contribution in [1.82, 2.24) is 36.8 Å². The molecule has 1 rings (SSSR count). The molecule has 22 heteroatoms. The summed E-state index contributed by atoms with van der Waals surface area (Å²) < 4.78 is 0. The summed E-state index contributed by atoms with van der Waals surface area (Å²) >= 11 is 2.90. The Bertz CT molecular complexity index is 1420. The van der Waals surface area contributed by atoms with Gasteiger partial charge in [-0.2, -0.15) is 23.5 Å². The molecule has 1 aliphatic heterocycles. The van der Waals surface area contributed by atoms with Crippen LogP contribution in [0.2, 0.25) is 0 Å². The van der Waals surface area contributed by atoms with E-state index in [0.717, 1.165) is 0 Å². The van der Waals surface area contributed by atoms with Gasteiger partial charge in [0.2, 0.25) is 41.4 Å². The quantitative estimate of drug-likeness (QED) is 0.0399. The lowest BCUT2D eigenvalue weighted by atomic mass is 10.0. The van der Waals surface area contributed by atoms with Crippen molar-refractivity contribution in [3.63, 3.8) is 0 Å². The van der Waals surface area contributed by atoms with Crippen molar-refractivity contribution in [3.05, 3.63) is 0 Å². The summed E-state index contributed by atoms with van der Waals surface area (Å²) in [6, 6.07) is -10.2. The Hall–Kier alpha value is -3.70. The van der Waals surface area contributed by atoms with E-state index in [1.165, 1.54) is 35.3 Å². The second-order valence-corrected chi connectivity index (χ2v) is 17.3. The number of rotatable bonds is 27. The Kier molecular flexibility index (Phi) is 24.6. The van der Waals surface area contributed by atoms with Crippen LogP contribution < -0.4 is 37.6 Å². The van der Waals surface area contributed by atoms with E-state index in [1.807, 2.05) is 25.4 Å². The molecule has 0 aliphatic carbocycles. The lowest BCUT2D eigenvalue weighted by Gasteiger charge is -2.32. The van der Waals surface area contributed by atoms with Gasteiger partial charge in [-0.05, 0) is 81.3 Å². The second kappa shape index (κ2) is 27.2. The molecule has 7 amide bonds. The van der Waals surface area contributed by atoms with Crippen molar-refractivity contribution >= 4 is 70.8 Å². The fourth-order valence-corrected chi connectivity index (χ4v) is 7.11. The number of aliphatic hydroxyl groups is 3. The van der Waals surface area contributed by atoms with Crippen molar-refractivity contribution < 1.29 is 58.8 Å². The molecule has 1 aliphatic rings. The average molecular weight is 879 g/mol. The molecule has 12 N–H and O–H groups in total. The number of amides is 7. The van der Waals surface area contributed by atoms with E-state index < -0.39 is 115 Å². The maximum absolute atomic E-state index is 13.9. The lowest BCUT2D eigenvalue weighted by molar-refractivity contribution is -0.144. The number of thioether (sulfide) groups is 2. The number of nitrogens with zero attached hydrogens (tertiary/aromatic N) is 1. The van der Waals surface area contributed by atoms with Gasteiger partial charge in [0, 0.05) is 6.54 Å². The molecule has 1 heterocycles. The number of hydrogen-bond donors (Lipinski definition) is 11. The van der Waals surface area contributed by atoms with Crippen molar-refractivity contribution in [1.29, 1.82) is 0 Å². The average Bonchev–Trinajstić information content (AvgIpc) is 3.67. The maximum Gasteiger partial charge on any atom is 0.328 e. The van der Waals surface area contributed by atoms with Crippen molar-refractivity contribution in [2.45, 2.75) is 128 Å². The number of nitrogens with two attached hydrogens (primary N) is 1. The van der Waals surface area contributed by atoms with Crippen molar-refractivity contribution in [3.8, 4) is 0 Å². The van der Waals surface area contributed by atoms with E-state index in [-0.39, 0.29) is 44.1 Å². The van der Waals surface area contributed by atoms with Gasteiger partial charge in [0.25, 0.3) is 0 Å². The van der Waals surface area contributed by atoms with E-state index in [1.54, 1.807) is 20.1 Å². The van der Waals surface area contributed by atoms with Gasteiger partial charge in [0.15, 0.2) is 0 Å². The second-order valence-electron chi connectivity index (χ2n) is 15.4. The van der Waals surface area contributed by atoms with Crippen LogP contribution in [0.15, 0.2) is 0 Å². The summed E-state index contributed by atoms with van der Waals surface area (Å²) in [6.07, 6.45) is 3.73. The van der Waals surface area contributed by atoms with Crippen LogP contribution in [-0.4, -0.2) is 171 Å². The molecule has 1 saturated heterocycles. The van der Waals surface area contributed by atoms with Crippen LogP contribution in [0, 0.1) is 11.8 Å². The fourth-order valence-electron chi connectivity index (χ4n) is 6.15. The zero-order valence-corrected chi connectivity index (χ0v) is 36.7. The third-order valence-corrected chi connectivity index (χ3v) is 10.7. The minimum atomic E-state index is -1.69. The van der Waals surface area contributed by atoms with Crippen LogP contribution in [-0.2, 0) is 38.4 Å². The number of likely N-dealkylation sites (tertiary alicyclic amines) is 1. The molecule has 59 heavy (non-hydrogen) atoms. The zero-order chi connectivity index (χ0) is 45.0. The van der Waals surface area contributed by atoms with Crippen LogP contribution >= 0.6 is 23.5 Å². The Morgan fingerprint density at radius 2 is 1.12 bits per heavy atom. The zero-order valence-electron chi connectivity index (χ0n) is 35.0. The van der Waals surface area contributed by atoms with E-state index >= 15 is 0 Å². The molecule has 1 fully saturated rings. The van der Waals surface area contributed by atoms with Gasteiger partial charge in [-0.15, -0.1) is 0 Å². The number of aliphatic hydroxyl groups excluding tert-OH is 3. The molecule has 20 nitrogen and oxygen atoms in total. The summed E-state index contributed by atoms with van der Waals surface area (Å²) in [7, 11) is 0. The van der Waals surface area contributed by atoms with E-state index in [4.69, 9.17) is 10.8 Å². The Labute approximate surface area is 354 Å². The van der Waals surface area contributed by atoms with Gasteiger partial charge in [-0.25, -0.2) is 4.79 Å². The largest absolute Gasteiger partial charge is 0.480 e. The maximum atomic E-state index is 13.9. The van der Waals surface area contributed by atoms with E-state index in [9.17, 15) is 53.7 Å². The van der Waals surface area contributed by atoms with Crippen LogP contribution in [0.1, 0.15) is 73.1 Å². The SMILES string of the molecule is CSCC[C@H](NC(=O)[C@H](CC(C)C)NC(=O)[C@@H]1CCCN1C(=O)[C@@H](NC(=O)[C@@H](N)CCSC)[C@@H](C)O)C(=O)N[C@@H](CC(C)C)C(=O)N[C@@H](CO)C(=O)N[C@@H](CO)C(=O)O. The van der Waals surface area contributed by atoms with Crippen LogP contribution in [0.3, 0.4) is 0 Å². The minimum Gasteiger partial charge on any atom is -0.480 e. The number of carboxylic acids is 1. The number of carboxylic acid groups (broad SMARTS) is 1. The first-order valence-corrected chi connectivity index (χ1v) is 22.5. The summed E-state index contributed by atoms with van der Waals surface area (Å²) in [4.78, 5) is 106. The fraction of sp³-hybridized carbons (Fsp3) is 0.784. The standard InChI is InChI=1S/C37H66N8O12S2/c1-19(2)15-24(33(52)42-26(17-46)34(53)43-27(18-47)37(56)57)40-31(50)23(11-14-59-7)39-32(51)25(16-20(3)4)41-35(54)28-9-8-12-45(28)36(55)29(21(5)48)44-30(49)22(38)10-13-58-6/h19-29,46-48H,8-18,38H2,1-7H3,(H,39,51)(H,40,50)(H,41,54)(H,42,52)(H,43,53)(H,44,49)(H,56,57)/t21-,22+,23+,24+,25+,26+,27+,28+,29+/m1/s1. The van der Waals surface area contributed by atoms with Crippen LogP contribution in [0.4, 0.5) is 0 Å². The third-order valence-electron chi connectivity index (χ3n) is 9.39. The summed E-state index contributed by atoms with van der Waals surface area (Å²) in [5, 5.41) is 53.6. The molecule has 0 spiro atoms. The highest BCUT2D eigenvalue weighted by Gasteiger charge is 2.41. The van der Waals surface area contributed by atoms with Gasteiger partial charge < -0.3 is 63.0 Å². The normalized spacial score (nSPS) is 18.1. The van der Waals surface area contributed by atoms with E-state index in [0.29, 0.717) is 24.3 Å². The number of aliphatic carboxylic acids is 1. The summed E-state index contributed by atoms with van der Waals surface area (Å²) in [5.41, 5.74) is 5.98. The number of carbonyl (C=O) groups is 8. The molecule has 9 atom stereocenters. The molecule has 0 bridgehead atoms. The molecule has 0 aromatic carbocycles. The first-order chi connectivity index (χ1) is 27.7. The van der Waals surface area contributed by atoms with Crippen molar-refractivity contribution in [2.75, 3.05) is 43.8 Å². The number of hydrogen-bond acceptors (Lipinski definition) is 14. The molecular formula is C37H66N8O12S2. The molecule has 0 aromatic rings. The third kappa shape index (κ3) is 18.2. The summed E-state index contributed by atoms with van der Waals surface area (Å²) in [6.45, 7) is 6.84. The number of carbonyl (C=O) groups excluding carboxylic acids is 7. The Morgan fingerprint density at radius 1 is 0.661 bits per heavy atom. The first-order valence-electron chi connectivity index (χ1n) is 19.7. The highest BCUT2D eigenvalue weighted by molar-refractivity contribution is 7.98. The highest BCUT2D eigenvalue weighted by Crippen LogP contribution is 2.21. The molecule has 0 saturated carbocycles. The lowest BCUT2D eigenvalue weighted by Crippen LogP contribution is -2.61. The predicted molar refractivity (Wildman–Crippen MR) is 223 cm³/mol. The highest BCUT2D eigenvalue weighted by atomic mass is 32.2. The first kappa shape index (κ1) is 53.3. The number of nitrogens with one attached hydrogen (secondary N) is 6. The van der Waals surface area contributed by atoms with Crippen LogP contribution in [0.5, 0.6) is 0 Å². The molecule has 338 valence electrons. The van der Waals surface area contributed by atoms with Gasteiger partial charge in [0.1, 0.15) is 42.3 Å². The Morgan fingerprint density at radius 3 is 1.61 bits per heavy atom. The van der Waals surface area contributed by atoms with Gasteiger partial charge in [-0.3, -0.25) is 33.6 Å². The minimum absolute atomic E-state index is 0.0714. The topological polar surface area (TPSA) is 319 Å². The molecule has 0 aromatic heterocycles. The van der Waals surface area contributed by atoms with Crippen molar-refractivity contribution in [2.24, 2.45) is 17.6 Å². The summed E-state index contributed by atoms with van der Waals surface area (Å²) in [5.74, 6) is -6.13. The van der Waals surface area contributed by atoms with Gasteiger partial charge in [-0.1, -0.05) is 27.7 Å². The Balaban J connectivity index is 3.24. The smallest absolute Gasteiger partial charge is 0.328 e. The molecule has 0 radical (unpaired) electrons. The van der Waals surface area contributed by atoms with E-state index in [2.05, 4.69) is 26.6 Å². The van der Waals surface area contributed by atoms with Crippen LogP contribution in [0.25, 0.3) is 0 Å².